The highest BCUT2D eigenvalue weighted by atomic mass is 16.6. The van der Waals surface area contributed by atoms with Gasteiger partial charge in [-0.2, -0.15) is 0 Å². The number of piperidine rings is 1. The van der Waals surface area contributed by atoms with E-state index >= 15 is 0 Å². The van der Waals surface area contributed by atoms with Crippen LogP contribution in [0.4, 0.5) is 0 Å². The van der Waals surface area contributed by atoms with Crippen molar-refractivity contribution in [2.24, 2.45) is 5.41 Å². The zero-order valence-electron chi connectivity index (χ0n) is 14.7. The lowest BCUT2D eigenvalue weighted by molar-refractivity contribution is -0.0743. The van der Waals surface area contributed by atoms with Crippen LogP contribution in [0.2, 0.25) is 0 Å². The Morgan fingerprint density at radius 1 is 1.12 bits per heavy atom. The van der Waals surface area contributed by atoms with Crippen LogP contribution >= 0.6 is 0 Å². The molecule has 5 rings (SSSR count). The Morgan fingerprint density at radius 3 is 2.71 bits per heavy atom. The topological polar surface area (TPSA) is 41.9 Å². The fourth-order valence-corrected chi connectivity index (χ4v) is 6.38. The van der Waals surface area contributed by atoms with E-state index in [9.17, 15) is 5.11 Å². The average molecular weight is 329 g/mol. The number of fused-ring (bicyclic) bond motifs is 3. The van der Waals surface area contributed by atoms with E-state index in [-0.39, 0.29) is 11.2 Å². The molecule has 3 atom stereocenters. The average Bonchev–Trinajstić information content (AvgIpc) is 2.59. The van der Waals surface area contributed by atoms with Crippen LogP contribution in [0.5, 0.6) is 17.2 Å². The van der Waals surface area contributed by atoms with Crippen LogP contribution in [0.15, 0.2) is 6.07 Å². The Balaban J connectivity index is 1.78. The van der Waals surface area contributed by atoms with Gasteiger partial charge in [-0.25, -0.2) is 0 Å². The van der Waals surface area contributed by atoms with E-state index in [1.807, 2.05) is 6.07 Å². The SMILES string of the molecule is CN1CCC23CCCCC2(C)C1Cc1c3cc(O)c2c1OCCO2. The van der Waals surface area contributed by atoms with E-state index in [0.717, 1.165) is 18.7 Å². The normalized spacial score (nSPS) is 37.5. The monoisotopic (exact) mass is 329 g/mol. The number of likely N-dealkylation sites (tertiary alicyclic amines) is 1. The summed E-state index contributed by atoms with van der Waals surface area (Å²) in [6.07, 6.45) is 7.34. The quantitative estimate of drug-likeness (QED) is 0.793. The highest BCUT2D eigenvalue weighted by Gasteiger charge is 2.61. The number of aromatic hydroxyl groups is 1. The van der Waals surface area contributed by atoms with Gasteiger partial charge >= 0.3 is 0 Å². The van der Waals surface area contributed by atoms with Gasteiger partial charge in [0.2, 0.25) is 5.75 Å². The number of likely N-dealkylation sites (N-methyl/N-ethyl adjacent to an activating group) is 1. The smallest absolute Gasteiger partial charge is 0.203 e. The van der Waals surface area contributed by atoms with Crippen LogP contribution in [0, 0.1) is 5.41 Å². The first-order chi connectivity index (χ1) is 11.6. The molecule has 2 aliphatic heterocycles. The second-order valence-electron chi connectivity index (χ2n) is 8.43. The van der Waals surface area contributed by atoms with Crippen molar-refractivity contribution >= 4 is 0 Å². The second-order valence-corrected chi connectivity index (χ2v) is 8.43. The van der Waals surface area contributed by atoms with Crippen LogP contribution in [0.3, 0.4) is 0 Å². The van der Waals surface area contributed by atoms with E-state index in [2.05, 4.69) is 18.9 Å². The summed E-state index contributed by atoms with van der Waals surface area (Å²) in [6.45, 7) is 4.75. The molecule has 4 nitrogen and oxygen atoms in total. The van der Waals surface area contributed by atoms with Gasteiger partial charge in [0, 0.05) is 17.0 Å². The molecule has 0 spiro atoms. The first kappa shape index (κ1) is 14.9. The fraction of sp³-hybridized carbons (Fsp3) is 0.700. The maximum atomic E-state index is 10.6. The lowest BCUT2D eigenvalue weighted by Crippen LogP contribution is -2.66. The molecule has 1 aromatic carbocycles. The van der Waals surface area contributed by atoms with E-state index < -0.39 is 0 Å². The van der Waals surface area contributed by atoms with Crippen LogP contribution in [0.1, 0.15) is 50.2 Å². The summed E-state index contributed by atoms with van der Waals surface area (Å²) in [5, 5.41) is 10.6. The predicted molar refractivity (Wildman–Crippen MR) is 92.1 cm³/mol. The summed E-state index contributed by atoms with van der Waals surface area (Å²) in [7, 11) is 2.28. The molecule has 1 saturated heterocycles. The van der Waals surface area contributed by atoms with Gasteiger partial charge in [-0.1, -0.05) is 19.8 Å². The molecule has 2 fully saturated rings. The van der Waals surface area contributed by atoms with E-state index in [1.165, 1.54) is 43.2 Å². The number of phenols is 1. The molecule has 0 amide bonds. The maximum absolute atomic E-state index is 10.6. The largest absolute Gasteiger partial charge is 0.504 e. The highest BCUT2D eigenvalue weighted by Crippen LogP contribution is 2.65. The molecule has 4 aliphatic rings. The van der Waals surface area contributed by atoms with Crippen LogP contribution in [-0.2, 0) is 11.8 Å². The molecule has 1 N–H and O–H groups in total. The number of hydrogen-bond donors (Lipinski definition) is 1. The summed E-state index contributed by atoms with van der Waals surface area (Å²) in [5.41, 5.74) is 3.14. The molecule has 2 aliphatic carbocycles. The molecule has 3 unspecified atom stereocenters. The summed E-state index contributed by atoms with van der Waals surface area (Å²) >= 11 is 0. The number of benzene rings is 1. The van der Waals surface area contributed by atoms with Crippen molar-refractivity contribution in [1.82, 2.24) is 4.90 Å². The van der Waals surface area contributed by atoms with Crippen LogP contribution in [0.25, 0.3) is 0 Å². The molecule has 0 radical (unpaired) electrons. The van der Waals surface area contributed by atoms with Gasteiger partial charge in [0.25, 0.3) is 0 Å². The van der Waals surface area contributed by atoms with E-state index in [4.69, 9.17) is 9.47 Å². The molecular formula is C20H27NO3. The van der Waals surface area contributed by atoms with Gasteiger partial charge in [0.05, 0.1) is 0 Å². The zero-order valence-corrected chi connectivity index (χ0v) is 14.7. The number of phenolic OH excluding ortho intramolecular Hbond substituents is 1. The van der Waals surface area contributed by atoms with Gasteiger partial charge in [0.1, 0.15) is 13.2 Å². The second kappa shape index (κ2) is 4.81. The van der Waals surface area contributed by atoms with Gasteiger partial charge in [0.15, 0.2) is 11.5 Å². The van der Waals surface area contributed by atoms with Gasteiger partial charge in [-0.3, -0.25) is 0 Å². The lowest BCUT2D eigenvalue weighted by Gasteiger charge is -2.65. The minimum Gasteiger partial charge on any atom is -0.504 e. The summed E-state index contributed by atoms with van der Waals surface area (Å²) in [6, 6.07) is 2.58. The van der Waals surface area contributed by atoms with Crippen molar-refractivity contribution in [2.45, 2.75) is 56.9 Å². The van der Waals surface area contributed by atoms with Crippen molar-refractivity contribution in [3.05, 3.63) is 17.2 Å². The van der Waals surface area contributed by atoms with E-state index in [1.54, 1.807) is 0 Å². The zero-order chi connectivity index (χ0) is 16.5. The first-order valence-electron chi connectivity index (χ1n) is 9.42. The molecular weight excluding hydrogens is 302 g/mol. The van der Waals surface area contributed by atoms with E-state index in [0.29, 0.717) is 30.4 Å². The molecule has 2 bridgehead atoms. The highest BCUT2D eigenvalue weighted by molar-refractivity contribution is 5.63. The van der Waals surface area contributed by atoms with Crippen LogP contribution < -0.4 is 9.47 Å². The molecule has 1 aromatic rings. The predicted octanol–water partition coefficient (Wildman–Crippen LogP) is 3.24. The van der Waals surface area contributed by atoms with Crippen molar-refractivity contribution in [3.63, 3.8) is 0 Å². The maximum Gasteiger partial charge on any atom is 0.203 e. The Labute approximate surface area is 143 Å². The summed E-state index contributed by atoms with van der Waals surface area (Å²) in [4.78, 5) is 2.56. The minimum absolute atomic E-state index is 0.184. The van der Waals surface area contributed by atoms with Gasteiger partial charge in [-0.15, -0.1) is 0 Å². The van der Waals surface area contributed by atoms with Crippen molar-refractivity contribution < 1.29 is 14.6 Å². The molecule has 1 saturated carbocycles. The van der Waals surface area contributed by atoms with Gasteiger partial charge in [-0.05, 0) is 56.3 Å². The van der Waals surface area contributed by atoms with Crippen molar-refractivity contribution in [1.29, 1.82) is 0 Å². The first-order valence-corrected chi connectivity index (χ1v) is 9.42. The van der Waals surface area contributed by atoms with Crippen LogP contribution in [-0.4, -0.2) is 42.9 Å². The summed E-state index contributed by atoms with van der Waals surface area (Å²) < 4.78 is 11.7. The number of ether oxygens (including phenoxy) is 2. The summed E-state index contributed by atoms with van der Waals surface area (Å²) in [5.74, 6) is 1.66. The fourth-order valence-electron chi connectivity index (χ4n) is 6.38. The lowest BCUT2D eigenvalue weighted by atomic mass is 9.44. The Hall–Kier alpha value is -1.42. The minimum atomic E-state index is 0.184. The van der Waals surface area contributed by atoms with Crippen molar-refractivity contribution in [2.75, 3.05) is 26.8 Å². The third-order valence-electron chi connectivity index (χ3n) is 7.61. The number of hydrogen-bond acceptors (Lipinski definition) is 4. The van der Waals surface area contributed by atoms with Crippen molar-refractivity contribution in [3.8, 4) is 17.2 Å². The third-order valence-corrected chi connectivity index (χ3v) is 7.61. The molecule has 130 valence electrons. The Morgan fingerprint density at radius 2 is 1.88 bits per heavy atom. The number of nitrogens with zero attached hydrogens (tertiary/aromatic N) is 1. The molecule has 4 heteroatoms. The third kappa shape index (κ3) is 1.63. The molecule has 0 aromatic heterocycles. The molecule has 24 heavy (non-hydrogen) atoms. The Kier molecular flexibility index (Phi) is 2.98. The van der Waals surface area contributed by atoms with Gasteiger partial charge < -0.3 is 19.5 Å². The molecule has 2 heterocycles. The number of rotatable bonds is 0. The Bertz CT molecular complexity index is 703. The standard InChI is InChI=1S/C20H27NO3/c1-19-5-3-4-6-20(19)7-8-21(2)16(19)11-13-14(20)12-15(22)18-17(13)23-9-10-24-18/h12,16,22H,3-11H2,1-2H3.